The number of unbranched alkanes of at least 4 members (excludes halogenated alkanes) is 3. The molecular weight excluding hydrogens is 330 g/mol. The van der Waals surface area contributed by atoms with Crippen molar-refractivity contribution in [1.29, 1.82) is 0 Å². The minimum Gasteiger partial charge on any atom is -0.389 e. The molecule has 1 aliphatic heterocycles. The summed E-state index contributed by atoms with van der Waals surface area (Å²) in [5, 5.41) is 15.7. The molecule has 1 fully saturated rings. The molecule has 2 N–H and O–H groups in total. The van der Waals surface area contributed by atoms with E-state index in [0.717, 1.165) is 25.7 Å². The van der Waals surface area contributed by atoms with Crippen LogP contribution in [0.15, 0.2) is 60.7 Å². The second kappa shape index (κ2) is 9.52. The lowest BCUT2D eigenvalue weighted by Gasteiger charge is -2.49. The quantitative estimate of drug-likeness (QED) is 0.547. The molecule has 1 saturated heterocycles. The molecule has 2 nitrogen and oxygen atoms in total. The van der Waals surface area contributed by atoms with E-state index in [4.69, 9.17) is 0 Å². The maximum absolute atomic E-state index is 11.9. The number of nitrogens with one attached hydrogen (secondary N) is 1. The van der Waals surface area contributed by atoms with Crippen molar-refractivity contribution >= 4 is 0 Å². The smallest absolute Gasteiger partial charge is 0.0712 e. The minimum absolute atomic E-state index is 0.186. The molecule has 0 unspecified atom stereocenters. The van der Waals surface area contributed by atoms with Gasteiger partial charge < -0.3 is 10.4 Å². The van der Waals surface area contributed by atoms with Crippen LogP contribution in [0.2, 0.25) is 0 Å². The van der Waals surface area contributed by atoms with E-state index < -0.39 is 5.60 Å². The van der Waals surface area contributed by atoms with E-state index in [0.29, 0.717) is 0 Å². The monoisotopic (exact) mass is 365 g/mol. The summed E-state index contributed by atoms with van der Waals surface area (Å²) in [7, 11) is 0. The second-order valence-corrected chi connectivity index (χ2v) is 8.15. The summed E-state index contributed by atoms with van der Waals surface area (Å²) in [6.45, 7) is 4.47. The Morgan fingerprint density at radius 2 is 1.52 bits per heavy atom. The van der Waals surface area contributed by atoms with Gasteiger partial charge in [-0.05, 0) is 30.4 Å². The van der Waals surface area contributed by atoms with Crippen LogP contribution >= 0.6 is 0 Å². The Hall–Kier alpha value is -1.64. The van der Waals surface area contributed by atoms with Crippen molar-refractivity contribution in [2.75, 3.05) is 0 Å². The molecule has 3 rings (SSSR count). The number of aliphatic hydroxyl groups is 1. The standard InChI is InChI=1S/C25H35NO/c1-3-5-6-13-18-25(27)19-23(20-14-9-7-10-15-20)26-24(22(25)4-2)21-16-11-8-12-17-21/h7-12,14-17,22-24,26-27H,3-6,13,18-19H2,1-2H3/t22-,23-,24+,25+/m1/s1. The maximum Gasteiger partial charge on any atom is 0.0712 e. The largest absolute Gasteiger partial charge is 0.389 e. The van der Waals surface area contributed by atoms with Crippen molar-refractivity contribution < 1.29 is 5.11 Å². The Balaban J connectivity index is 1.89. The SMILES string of the molecule is CCCCCC[C@]1(O)C[C@H](c2ccccc2)N[C@@H](c2ccccc2)[C@H]1CC. The average molecular weight is 366 g/mol. The summed E-state index contributed by atoms with van der Waals surface area (Å²) in [4.78, 5) is 0. The third-order valence-corrected chi connectivity index (χ3v) is 6.29. The van der Waals surface area contributed by atoms with Crippen molar-refractivity contribution in [1.82, 2.24) is 5.32 Å². The molecule has 0 bridgehead atoms. The lowest BCUT2D eigenvalue weighted by molar-refractivity contribution is -0.0838. The molecule has 27 heavy (non-hydrogen) atoms. The summed E-state index contributed by atoms with van der Waals surface area (Å²) in [6.07, 6.45) is 7.51. The second-order valence-electron chi connectivity index (χ2n) is 8.15. The Bertz CT molecular complexity index is 671. The lowest BCUT2D eigenvalue weighted by atomic mass is 9.68. The van der Waals surface area contributed by atoms with E-state index in [1.165, 1.54) is 30.4 Å². The van der Waals surface area contributed by atoms with E-state index in [2.05, 4.69) is 79.8 Å². The Morgan fingerprint density at radius 1 is 0.889 bits per heavy atom. The molecule has 2 aromatic rings. The molecule has 1 heterocycles. The maximum atomic E-state index is 11.9. The Morgan fingerprint density at radius 3 is 2.11 bits per heavy atom. The average Bonchev–Trinajstić information content (AvgIpc) is 2.72. The molecule has 146 valence electrons. The van der Waals surface area contributed by atoms with Gasteiger partial charge in [-0.2, -0.15) is 0 Å². The molecule has 0 amide bonds. The normalized spacial score (nSPS) is 28.2. The van der Waals surface area contributed by atoms with Crippen LogP contribution < -0.4 is 5.32 Å². The summed E-state index contributed by atoms with van der Waals surface area (Å²) < 4.78 is 0. The number of benzene rings is 2. The molecule has 0 aliphatic carbocycles. The molecule has 1 aliphatic rings. The molecule has 0 spiro atoms. The van der Waals surface area contributed by atoms with Crippen LogP contribution in [0.25, 0.3) is 0 Å². The lowest BCUT2D eigenvalue weighted by Crippen LogP contribution is -2.53. The fourth-order valence-corrected chi connectivity index (χ4v) is 4.86. The van der Waals surface area contributed by atoms with Gasteiger partial charge in [-0.25, -0.2) is 0 Å². The first kappa shape index (κ1) is 20.1. The van der Waals surface area contributed by atoms with Gasteiger partial charge in [0.05, 0.1) is 5.60 Å². The highest BCUT2D eigenvalue weighted by molar-refractivity contribution is 5.26. The van der Waals surface area contributed by atoms with Gasteiger partial charge in [0.2, 0.25) is 0 Å². The van der Waals surface area contributed by atoms with Crippen molar-refractivity contribution in [3.05, 3.63) is 71.8 Å². The van der Waals surface area contributed by atoms with Gasteiger partial charge in [-0.15, -0.1) is 0 Å². The van der Waals surface area contributed by atoms with E-state index in [9.17, 15) is 5.11 Å². The van der Waals surface area contributed by atoms with Gasteiger partial charge in [0.1, 0.15) is 0 Å². The van der Waals surface area contributed by atoms with E-state index in [1.54, 1.807) is 0 Å². The number of piperidine rings is 1. The molecule has 2 heteroatoms. The van der Waals surface area contributed by atoms with Crippen molar-refractivity contribution in [2.24, 2.45) is 5.92 Å². The highest BCUT2D eigenvalue weighted by atomic mass is 16.3. The summed E-state index contributed by atoms with van der Waals surface area (Å²) in [5.74, 6) is 0.237. The summed E-state index contributed by atoms with van der Waals surface area (Å²) in [6, 6.07) is 21.7. The van der Waals surface area contributed by atoms with Gasteiger partial charge >= 0.3 is 0 Å². The number of hydrogen-bond acceptors (Lipinski definition) is 2. The first-order valence-corrected chi connectivity index (χ1v) is 10.8. The van der Waals surface area contributed by atoms with Crippen LogP contribution in [-0.2, 0) is 0 Å². The fourth-order valence-electron chi connectivity index (χ4n) is 4.86. The van der Waals surface area contributed by atoms with Gasteiger partial charge in [-0.1, -0.05) is 100 Å². The minimum atomic E-state index is -0.616. The molecule has 2 aromatic carbocycles. The summed E-state index contributed by atoms with van der Waals surface area (Å²) >= 11 is 0. The van der Waals surface area contributed by atoms with Crippen molar-refractivity contribution in [2.45, 2.75) is 76.5 Å². The van der Waals surface area contributed by atoms with Crippen LogP contribution in [-0.4, -0.2) is 10.7 Å². The molecule has 0 radical (unpaired) electrons. The topological polar surface area (TPSA) is 32.3 Å². The van der Waals surface area contributed by atoms with E-state index in [1.807, 2.05) is 0 Å². The van der Waals surface area contributed by atoms with Gasteiger partial charge in [0, 0.05) is 18.0 Å². The molecule has 4 atom stereocenters. The fraction of sp³-hybridized carbons (Fsp3) is 0.520. The molecule has 0 saturated carbocycles. The van der Waals surface area contributed by atoms with E-state index in [-0.39, 0.29) is 18.0 Å². The summed E-state index contributed by atoms with van der Waals surface area (Å²) in [5.41, 5.74) is 1.95. The first-order chi connectivity index (χ1) is 13.2. The molecular formula is C25H35NO. The predicted molar refractivity (Wildman–Crippen MR) is 114 cm³/mol. The number of rotatable bonds is 8. The van der Waals surface area contributed by atoms with Crippen LogP contribution in [0, 0.1) is 5.92 Å². The van der Waals surface area contributed by atoms with Crippen LogP contribution in [0.5, 0.6) is 0 Å². The highest BCUT2D eigenvalue weighted by Gasteiger charge is 2.46. The number of hydrogen-bond donors (Lipinski definition) is 2. The zero-order valence-electron chi connectivity index (χ0n) is 16.9. The van der Waals surface area contributed by atoms with Crippen LogP contribution in [0.4, 0.5) is 0 Å². The highest BCUT2D eigenvalue weighted by Crippen LogP contribution is 2.47. The Labute approximate surface area is 165 Å². The first-order valence-electron chi connectivity index (χ1n) is 10.8. The predicted octanol–water partition coefficient (Wildman–Crippen LogP) is 6.19. The van der Waals surface area contributed by atoms with E-state index >= 15 is 0 Å². The zero-order valence-corrected chi connectivity index (χ0v) is 16.9. The van der Waals surface area contributed by atoms with Gasteiger partial charge in [0.15, 0.2) is 0 Å². The van der Waals surface area contributed by atoms with Crippen LogP contribution in [0.1, 0.15) is 82.0 Å². The van der Waals surface area contributed by atoms with Crippen molar-refractivity contribution in [3.63, 3.8) is 0 Å². The third kappa shape index (κ3) is 4.80. The zero-order chi connectivity index (χ0) is 19.1. The molecule has 0 aromatic heterocycles. The third-order valence-electron chi connectivity index (χ3n) is 6.29. The van der Waals surface area contributed by atoms with Crippen molar-refractivity contribution in [3.8, 4) is 0 Å². The van der Waals surface area contributed by atoms with Crippen LogP contribution in [0.3, 0.4) is 0 Å². The Kier molecular flexibility index (Phi) is 7.09. The van der Waals surface area contributed by atoms with Gasteiger partial charge in [-0.3, -0.25) is 0 Å². The van der Waals surface area contributed by atoms with Gasteiger partial charge in [0.25, 0.3) is 0 Å².